The van der Waals surface area contributed by atoms with Crippen LogP contribution in [-0.2, 0) is 6.18 Å². The average molecular weight is 250 g/mol. The summed E-state index contributed by atoms with van der Waals surface area (Å²) in [4.78, 5) is 20.2. The molecule has 0 aliphatic carbocycles. The van der Waals surface area contributed by atoms with Crippen molar-refractivity contribution in [2.75, 3.05) is 0 Å². The predicted molar refractivity (Wildman–Crippen MR) is 50.2 cm³/mol. The van der Waals surface area contributed by atoms with Gasteiger partial charge in [0.2, 0.25) is 0 Å². The van der Waals surface area contributed by atoms with Gasteiger partial charge in [0.05, 0.1) is 11.7 Å². The Labute approximate surface area is 91.1 Å². The molecule has 0 atom stereocenters. The lowest BCUT2D eigenvalue weighted by atomic mass is 10.2. The highest BCUT2D eigenvalue weighted by Gasteiger charge is 2.33. The summed E-state index contributed by atoms with van der Waals surface area (Å²) in [5, 5.41) is -0.689. The molecule has 0 aliphatic heterocycles. The Bertz CT molecular complexity index is 607. The Hall–Kier alpha value is -1.63. The zero-order valence-electron chi connectivity index (χ0n) is 7.47. The summed E-state index contributed by atoms with van der Waals surface area (Å²) in [5.74, 6) is 0. The van der Waals surface area contributed by atoms with Gasteiger partial charge in [-0.25, -0.2) is 9.97 Å². The second kappa shape index (κ2) is 3.44. The monoisotopic (exact) mass is 249 g/mol. The van der Waals surface area contributed by atoms with Gasteiger partial charge in [0, 0.05) is 0 Å². The van der Waals surface area contributed by atoms with Gasteiger partial charge in [-0.05, 0) is 6.07 Å². The van der Waals surface area contributed by atoms with Gasteiger partial charge >= 0.3 is 6.18 Å². The van der Waals surface area contributed by atoms with Crippen LogP contribution in [0.2, 0.25) is 5.15 Å². The maximum Gasteiger partial charge on any atom is 0.433 e. The van der Waals surface area contributed by atoms with Crippen LogP contribution in [0.1, 0.15) is 5.69 Å². The number of halogens is 4. The minimum absolute atomic E-state index is 0.0570. The van der Waals surface area contributed by atoms with Gasteiger partial charge in [-0.15, -0.1) is 0 Å². The van der Waals surface area contributed by atoms with Crippen molar-refractivity contribution in [1.82, 2.24) is 15.0 Å². The van der Waals surface area contributed by atoms with E-state index < -0.39 is 22.6 Å². The number of fused-ring (bicyclic) bond motifs is 1. The molecule has 2 heterocycles. The molecule has 2 aromatic rings. The van der Waals surface area contributed by atoms with Crippen LogP contribution in [0.3, 0.4) is 0 Å². The Morgan fingerprint density at radius 1 is 1.38 bits per heavy atom. The van der Waals surface area contributed by atoms with E-state index in [-0.39, 0.29) is 10.9 Å². The van der Waals surface area contributed by atoms with E-state index in [4.69, 9.17) is 11.6 Å². The van der Waals surface area contributed by atoms with E-state index in [1.807, 2.05) is 0 Å². The molecule has 84 valence electrons. The predicted octanol–water partition coefficient (Wildman–Crippen LogP) is 1.99. The summed E-state index contributed by atoms with van der Waals surface area (Å²) < 4.78 is 37.1. The number of alkyl halides is 3. The molecule has 4 nitrogen and oxygen atoms in total. The van der Waals surface area contributed by atoms with E-state index in [0.717, 1.165) is 6.33 Å². The second-order valence-corrected chi connectivity index (χ2v) is 3.28. The third-order valence-electron chi connectivity index (χ3n) is 1.87. The van der Waals surface area contributed by atoms with E-state index in [1.165, 1.54) is 0 Å². The zero-order valence-corrected chi connectivity index (χ0v) is 8.23. The molecule has 2 rings (SSSR count). The highest BCUT2D eigenvalue weighted by atomic mass is 35.5. The second-order valence-electron chi connectivity index (χ2n) is 2.92. The number of rotatable bonds is 0. The Morgan fingerprint density at radius 2 is 2.06 bits per heavy atom. The highest BCUT2D eigenvalue weighted by molar-refractivity contribution is 6.33. The van der Waals surface area contributed by atoms with Crippen molar-refractivity contribution in [2.45, 2.75) is 6.18 Å². The Balaban J connectivity index is 2.86. The number of H-pyrrole nitrogens is 1. The quantitative estimate of drug-likeness (QED) is 0.727. The topological polar surface area (TPSA) is 58.6 Å². The number of hydrogen-bond donors (Lipinski definition) is 1. The molecule has 8 heteroatoms. The third kappa shape index (κ3) is 1.73. The van der Waals surface area contributed by atoms with E-state index in [9.17, 15) is 18.0 Å². The first-order chi connectivity index (χ1) is 7.39. The molecule has 0 saturated carbocycles. The van der Waals surface area contributed by atoms with Crippen molar-refractivity contribution in [3.63, 3.8) is 0 Å². The summed E-state index contributed by atoms with van der Waals surface area (Å²) in [6.45, 7) is 0. The minimum atomic E-state index is -4.65. The Kier molecular flexibility index (Phi) is 2.34. The molecule has 0 fully saturated rings. The van der Waals surface area contributed by atoms with Gasteiger partial charge in [-0.3, -0.25) is 4.79 Å². The van der Waals surface area contributed by atoms with Gasteiger partial charge in [0.1, 0.15) is 11.2 Å². The molecule has 0 amide bonds. The van der Waals surface area contributed by atoms with E-state index in [0.29, 0.717) is 6.07 Å². The number of aromatic nitrogens is 3. The summed E-state index contributed by atoms with van der Waals surface area (Å²) in [6.07, 6.45) is -3.61. The number of pyridine rings is 1. The summed E-state index contributed by atoms with van der Waals surface area (Å²) >= 11 is 5.51. The molecule has 0 spiro atoms. The molecule has 2 aromatic heterocycles. The van der Waals surface area contributed by atoms with Gasteiger partial charge < -0.3 is 4.98 Å². The molecule has 1 N–H and O–H groups in total. The van der Waals surface area contributed by atoms with Crippen LogP contribution in [0.25, 0.3) is 10.9 Å². The number of nitrogens with zero attached hydrogens (tertiary/aromatic N) is 2. The molecular weight excluding hydrogens is 247 g/mol. The Morgan fingerprint density at radius 3 is 2.69 bits per heavy atom. The fraction of sp³-hybridized carbons (Fsp3) is 0.125. The van der Waals surface area contributed by atoms with Crippen molar-refractivity contribution in [1.29, 1.82) is 0 Å². The lowest BCUT2D eigenvalue weighted by Gasteiger charge is -2.06. The van der Waals surface area contributed by atoms with Crippen LogP contribution in [0, 0.1) is 0 Å². The van der Waals surface area contributed by atoms with Crippen LogP contribution in [0.15, 0.2) is 17.2 Å². The standard InChI is InChI=1S/C8H3ClF3N3O/c9-6-5-3(7(16)14-2-13-5)1-4(15-6)8(10,11)12/h1-2H,(H,13,14,16). The summed E-state index contributed by atoms with van der Waals surface area (Å²) in [5.41, 5.74) is -1.97. The fourth-order valence-electron chi connectivity index (χ4n) is 1.18. The first kappa shape index (κ1) is 10.9. The lowest BCUT2D eigenvalue weighted by Crippen LogP contribution is -2.12. The molecular formula is C8H3ClF3N3O. The SMILES string of the molecule is O=c1[nH]cnc2c(Cl)nc(C(F)(F)F)cc12. The first-order valence-corrected chi connectivity index (χ1v) is 4.38. The van der Waals surface area contributed by atoms with Crippen molar-refractivity contribution >= 4 is 22.5 Å². The van der Waals surface area contributed by atoms with Crippen molar-refractivity contribution in [3.05, 3.63) is 33.6 Å². The highest BCUT2D eigenvalue weighted by Crippen LogP contribution is 2.30. The van der Waals surface area contributed by atoms with Crippen LogP contribution in [-0.4, -0.2) is 15.0 Å². The third-order valence-corrected chi connectivity index (χ3v) is 2.14. The molecule has 0 aliphatic rings. The number of aromatic amines is 1. The maximum absolute atomic E-state index is 12.4. The van der Waals surface area contributed by atoms with Gasteiger partial charge in [-0.2, -0.15) is 13.2 Å². The summed E-state index contributed by atoms with van der Waals surface area (Å²) in [7, 11) is 0. The fourth-order valence-corrected chi connectivity index (χ4v) is 1.42. The smallest absolute Gasteiger partial charge is 0.313 e. The normalized spacial score (nSPS) is 12.0. The maximum atomic E-state index is 12.4. The molecule has 0 radical (unpaired) electrons. The average Bonchev–Trinajstić information content (AvgIpc) is 2.18. The van der Waals surface area contributed by atoms with Crippen LogP contribution in [0.5, 0.6) is 0 Å². The first-order valence-electron chi connectivity index (χ1n) is 4.01. The summed E-state index contributed by atoms with van der Waals surface area (Å²) in [6, 6.07) is 0.618. The van der Waals surface area contributed by atoms with E-state index in [1.54, 1.807) is 0 Å². The number of hydrogen-bond acceptors (Lipinski definition) is 3. The zero-order chi connectivity index (χ0) is 11.9. The van der Waals surface area contributed by atoms with Gasteiger partial charge in [0.25, 0.3) is 5.56 Å². The van der Waals surface area contributed by atoms with Crippen LogP contribution >= 0.6 is 11.6 Å². The van der Waals surface area contributed by atoms with Crippen molar-refractivity contribution < 1.29 is 13.2 Å². The molecule has 0 unspecified atom stereocenters. The lowest BCUT2D eigenvalue weighted by molar-refractivity contribution is -0.141. The van der Waals surface area contributed by atoms with Crippen LogP contribution in [0.4, 0.5) is 13.2 Å². The largest absolute Gasteiger partial charge is 0.433 e. The van der Waals surface area contributed by atoms with Crippen LogP contribution < -0.4 is 5.56 Å². The minimum Gasteiger partial charge on any atom is -0.313 e. The van der Waals surface area contributed by atoms with Gasteiger partial charge in [0.15, 0.2) is 5.15 Å². The molecule has 0 saturated heterocycles. The van der Waals surface area contributed by atoms with Crippen molar-refractivity contribution in [2.24, 2.45) is 0 Å². The molecule has 16 heavy (non-hydrogen) atoms. The number of nitrogens with one attached hydrogen (secondary N) is 1. The van der Waals surface area contributed by atoms with Gasteiger partial charge in [-0.1, -0.05) is 11.6 Å². The van der Waals surface area contributed by atoms with Crippen molar-refractivity contribution in [3.8, 4) is 0 Å². The molecule has 0 bridgehead atoms. The van der Waals surface area contributed by atoms with E-state index in [2.05, 4.69) is 15.0 Å². The molecule has 0 aromatic carbocycles. The van der Waals surface area contributed by atoms with E-state index >= 15 is 0 Å².